The summed E-state index contributed by atoms with van der Waals surface area (Å²) in [7, 11) is 0. The van der Waals surface area contributed by atoms with Crippen LogP contribution in [0.5, 0.6) is 0 Å². The Morgan fingerprint density at radius 2 is 1.75 bits per heavy atom. The van der Waals surface area contributed by atoms with Crippen molar-refractivity contribution in [1.82, 2.24) is 10.1 Å². The van der Waals surface area contributed by atoms with E-state index >= 15 is 0 Å². The Kier molecular flexibility index (Phi) is 5.41. The summed E-state index contributed by atoms with van der Waals surface area (Å²) in [5.41, 5.74) is 10.2. The SMILES string of the molecule is Cc1ccc(-c2cc(CN(CCN)Cc3ccccc3)on2)cc1. The fourth-order valence-corrected chi connectivity index (χ4v) is 2.71. The smallest absolute Gasteiger partial charge is 0.151 e. The van der Waals surface area contributed by atoms with Gasteiger partial charge < -0.3 is 10.3 Å². The predicted molar refractivity (Wildman–Crippen MR) is 96.3 cm³/mol. The first-order chi connectivity index (χ1) is 11.7. The van der Waals surface area contributed by atoms with Gasteiger partial charge in [0.1, 0.15) is 5.69 Å². The monoisotopic (exact) mass is 321 g/mol. The number of hydrogen-bond acceptors (Lipinski definition) is 4. The highest BCUT2D eigenvalue weighted by Gasteiger charge is 2.12. The normalized spacial score (nSPS) is 11.1. The molecule has 0 fully saturated rings. The lowest BCUT2D eigenvalue weighted by Crippen LogP contribution is -2.28. The lowest BCUT2D eigenvalue weighted by Gasteiger charge is -2.20. The molecule has 124 valence electrons. The Labute approximate surface area is 142 Å². The molecule has 0 aliphatic heterocycles. The molecule has 0 bridgehead atoms. The number of hydrogen-bond donors (Lipinski definition) is 1. The minimum atomic E-state index is 0.617. The molecule has 0 amide bonds. The highest BCUT2D eigenvalue weighted by atomic mass is 16.5. The van der Waals surface area contributed by atoms with Crippen molar-refractivity contribution in [2.75, 3.05) is 13.1 Å². The van der Waals surface area contributed by atoms with E-state index in [4.69, 9.17) is 10.3 Å². The second-order valence-corrected chi connectivity index (χ2v) is 6.03. The zero-order valence-corrected chi connectivity index (χ0v) is 14.0. The maximum absolute atomic E-state index is 5.76. The third-order valence-electron chi connectivity index (χ3n) is 3.98. The summed E-state index contributed by atoms with van der Waals surface area (Å²) in [5.74, 6) is 0.856. The summed E-state index contributed by atoms with van der Waals surface area (Å²) in [6.07, 6.45) is 0. The minimum Gasteiger partial charge on any atom is -0.359 e. The van der Waals surface area contributed by atoms with Gasteiger partial charge in [-0.25, -0.2) is 0 Å². The Hall–Kier alpha value is -2.43. The predicted octanol–water partition coefficient (Wildman–Crippen LogP) is 3.61. The van der Waals surface area contributed by atoms with E-state index in [0.29, 0.717) is 13.1 Å². The zero-order valence-electron chi connectivity index (χ0n) is 14.0. The maximum Gasteiger partial charge on any atom is 0.151 e. The van der Waals surface area contributed by atoms with Gasteiger partial charge in [0.25, 0.3) is 0 Å². The number of benzene rings is 2. The van der Waals surface area contributed by atoms with Crippen LogP contribution >= 0.6 is 0 Å². The first kappa shape index (κ1) is 16.4. The molecule has 2 N–H and O–H groups in total. The second kappa shape index (κ2) is 7.90. The van der Waals surface area contributed by atoms with Crippen LogP contribution in [0.4, 0.5) is 0 Å². The molecule has 4 nitrogen and oxygen atoms in total. The van der Waals surface area contributed by atoms with Crippen molar-refractivity contribution in [2.24, 2.45) is 5.73 Å². The van der Waals surface area contributed by atoms with E-state index in [9.17, 15) is 0 Å². The first-order valence-corrected chi connectivity index (χ1v) is 8.23. The Bertz CT molecular complexity index is 750. The Morgan fingerprint density at radius 1 is 1.00 bits per heavy atom. The van der Waals surface area contributed by atoms with Crippen molar-refractivity contribution < 1.29 is 4.52 Å². The van der Waals surface area contributed by atoms with E-state index < -0.39 is 0 Å². The van der Waals surface area contributed by atoms with E-state index in [1.54, 1.807) is 0 Å². The molecule has 0 spiro atoms. The maximum atomic E-state index is 5.76. The summed E-state index contributed by atoms with van der Waals surface area (Å²) in [6, 6.07) is 20.7. The number of nitrogens with two attached hydrogens (primary N) is 1. The molecule has 3 aromatic rings. The average molecular weight is 321 g/mol. The fourth-order valence-electron chi connectivity index (χ4n) is 2.71. The van der Waals surface area contributed by atoms with Crippen LogP contribution in [-0.4, -0.2) is 23.1 Å². The van der Waals surface area contributed by atoms with E-state index in [1.807, 2.05) is 12.1 Å². The third-order valence-corrected chi connectivity index (χ3v) is 3.98. The molecule has 0 unspecified atom stereocenters. The van der Waals surface area contributed by atoms with Gasteiger partial charge in [-0.15, -0.1) is 0 Å². The van der Waals surface area contributed by atoms with Gasteiger partial charge in [-0.3, -0.25) is 4.90 Å². The standard InChI is InChI=1S/C20H23N3O/c1-16-7-9-18(10-8-16)20-13-19(24-22-20)15-23(12-11-21)14-17-5-3-2-4-6-17/h2-10,13H,11-12,14-15,21H2,1H3. The van der Waals surface area contributed by atoms with Gasteiger partial charge in [0, 0.05) is 31.3 Å². The van der Waals surface area contributed by atoms with Crippen LogP contribution in [0.1, 0.15) is 16.9 Å². The number of aryl methyl sites for hydroxylation is 1. The lowest BCUT2D eigenvalue weighted by atomic mass is 10.1. The van der Waals surface area contributed by atoms with Gasteiger partial charge >= 0.3 is 0 Å². The molecule has 1 aromatic heterocycles. The average Bonchev–Trinajstić information content (AvgIpc) is 3.05. The summed E-state index contributed by atoms with van der Waals surface area (Å²) < 4.78 is 5.53. The topological polar surface area (TPSA) is 55.3 Å². The van der Waals surface area contributed by atoms with Gasteiger partial charge in [-0.2, -0.15) is 0 Å². The summed E-state index contributed by atoms with van der Waals surface area (Å²) in [6.45, 7) is 5.05. The van der Waals surface area contributed by atoms with E-state index in [0.717, 1.165) is 30.1 Å². The van der Waals surface area contributed by atoms with Gasteiger partial charge in [0.15, 0.2) is 5.76 Å². The molecule has 0 saturated carbocycles. The number of rotatable bonds is 7. The number of nitrogens with zero attached hydrogens (tertiary/aromatic N) is 2. The quantitative estimate of drug-likeness (QED) is 0.722. The molecule has 0 aliphatic carbocycles. The van der Waals surface area contributed by atoms with Crippen molar-refractivity contribution in [1.29, 1.82) is 0 Å². The molecule has 0 atom stereocenters. The molecule has 0 saturated heterocycles. The van der Waals surface area contributed by atoms with Crippen LogP contribution in [0.3, 0.4) is 0 Å². The molecule has 3 rings (SSSR count). The van der Waals surface area contributed by atoms with Gasteiger partial charge in [0.05, 0.1) is 6.54 Å². The molecule has 2 aromatic carbocycles. The van der Waals surface area contributed by atoms with Gasteiger partial charge in [0.2, 0.25) is 0 Å². The summed E-state index contributed by atoms with van der Waals surface area (Å²) >= 11 is 0. The minimum absolute atomic E-state index is 0.617. The molecule has 1 heterocycles. The third kappa shape index (κ3) is 4.31. The van der Waals surface area contributed by atoms with Crippen LogP contribution in [0.2, 0.25) is 0 Å². The van der Waals surface area contributed by atoms with Crippen molar-refractivity contribution in [3.8, 4) is 11.3 Å². The Balaban J connectivity index is 1.70. The highest BCUT2D eigenvalue weighted by Crippen LogP contribution is 2.20. The van der Waals surface area contributed by atoms with Crippen LogP contribution in [0.25, 0.3) is 11.3 Å². The molecule has 24 heavy (non-hydrogen) atoms. The van der Waals surface area contributed by atoms with Crippen LogP contribution in [-0.2, 0) is 13.1 Å². The van der Waals surface area contributed by atoms with Crippen molar-refractivity contribution in [2.45, 2.75) is 20.0 Å². The molecular formula is C20H23N3O. The first-order valence-electron chi connectivity index (χ1n) is 8.23. The van der Waals surface area contributed by atoms with E-state index in [2.05, 4.69) is 65.5 Å². The molecular weight excluding hydrogens is 298 g/mol. The molecule has 0 aliphatic rings. The van der Waals surface area contributed by atoms with Crippen LogP contribution < -0.4 is 5.73 Å². The van der Waals surface area contributed by atoms with Crippen LogP contribution in [0.15, 0.2) is 65.2 Å². The summed E-state index contributed by atoms with van der Waals surface area (Å²) in [5, 5.41) is 4.20. The zero-order chi connectivity index (χ0) is 16.8. The fraction of sp³-hybridized carbons (Fsp3) is 0.250. The van der Waals surface area contributed by atoms with Crippen molar-refractivity contribution in [3.05, 3.63) is 77.6 Å². The van der Waals surface area contributed by atoms with Gasteiger partial charge in [-0.1, -0.05) is 65.3 Å². The van der Waals surface area contributed by atoms with Crippen molar-refractivity contribution in [3.63, 3.8) is 0 Å². The molecule has 4 heteroatoms. The van der Waals surface area contributed by atoms with E-state index in [-0.39, 0.29) is 0 Å². The van der Waals surface area contributed by atoms with Crippen molar-refractivity contribution >= 4 is 0 Å². The van der Waals surface area contributed by atoms with Gasteiger partial charge in [-0.05, 0) is 12.5 Å². The summed E-state index contributed by atoms with van der Waals surface area (Å²) in [4.78, 5) is 2.27. The highest BCUT2D eigenvalue weighted by molar-refractivity contribution is 5.59. The lowest BCUT2D eigenvalue weighted by molar-refractivity contribution is 0.229. The Morgan fingerprint density at radius 3 is 2.46 bits per heavy atom. The van der Waals surface area contributed by atoms with E-state index in [1.165, 1.54) is 11.1 Å². The largest absolute Gasteiger partial charge is 0.359 e. The van der Waals surface area contributed by atoms with Crippen LogP contribution in [0, 0.1) is 6.92 Å². The second-order valence-electron chi connectivity index (χ2n) is 6.03. The molecule has 0 radical (unpaired) electrons. The number of aromatic nitrogens is 1.